The summed E-state index contributed by atoms with van der Waals surface area (Å²) in [6.07, 6.45) is 3.56. The summed E-state index contributed by atoms with van der Waals surface area (Å²) >= 11 is 0. The number of hydrogen-bond acceptors (Lipinski definition) is 2. The fraction of sp³-hybridized carbons (Fsp3) is 0. The van der Waals surface area contributed by atoms with Gasteiger partial charge in [-0.2, -0.15) is 0 Å². The van der Waals surface area contributed by atoms with Crippen LogP contribution in [0.25, 0.3) is 104 Å². The van der Waals surface area contributed by atoms with Crippen molar-refractivity contribution in [2.75, 3.05) is 0 Å². The van der Waals surface area contributed by atoms with Crippen molar-refractivity contribution in [3.05, 3.63) is 164 Å². The van der Waals surface area contributed by atoms with Gasteiger partial charge in [0.25, 0.3) is 0 Å². The van der Waals surface area contributed by atoms with Crippen LogP contribution in [-0.2, 0) is 0 Å². The number of aromatic nitrogens is 3. The number of fused-ring (bicyclic) bond motifs is 12. The van der Waals surface area contributed by atoms with E-state index in [1.54, 1.807) is 12.4 Å². The van der Waals surface area contributed by atoms with Gasteiger partial charge < -0.3 is 4.40 Å². The Morgan fingerprint density at radius 2 is 0.837 bits per heavy atom. The molecule has 0 saturated carbocycles. The molecule has 0 amide bonds. The standard InChI is InChI=1S/C46H27N3/c1-2-9-28(10-3-1)33-26-40-35-14-6-7-16-42(35)49-43-20-18-32(25-39(43)41(27-33)46(40)49)30-12-8-11-29(23-30)31-17-19-37-38(24-31)34-13-4-5-15-36(34)44-45(37)48-22-21-47-44/h1-27H. The monoisotopic (exact) mass is 621 g/mol. The molecule has 3 aromatic heterocycles. The molecule has 0 radical (unpaired) electrons. The minimum Gasteiger partial charge on any atom is -0.308 e. The van der Waals surface area contributed by atoms with Gasteiger partial charge in [0.05, 0.1) is 27.6 Å². The molecule has 3 nitrogen and oxygen atoms in total. The normalized spacial score (nSPS) is 12.1. The molecule has 0 aliphatic rings. The zero-order chi connectivity index (χ0) is 32.1. The molecule has 49 heavy (non-hydrogen) atoms. The van der Waals surface area contributed by atoms with Crippen molar-refractivity contribution in [1.29, 1.82) is 0 Å². The minimum atomic E-state index is 0.943. The van der Waals surface area contributed by atoms with E-state index in [0.717, 1.165) is 21.8 Å². The van der Waals surface area contributed by atoms with Crippen molar-refractivity contribution in [1.82, 2.24) is 14.4 Å². The summed E-state index contributed by atoms with van der Waals surface area (Å²) in [4.78, 5) is 9.45. The molecule has 11 rings (SSSR count). The molecule has 8 aromatic carbocycles. The van der Waals surface area contributed by atoms with Crippen LogP contribution in [0.5, 0.6) is 0 Å². The molecule has 0 spiro atoms. The average Bonchev–Trinajstić information content (AvgIpc) is 3.69. The second-order valence-corrected chi connectivity index (χ2v) is 13.0. The summed E-state index contributed by atoms with van der Waals surface area (Å²) in [7, 11) is 0. The lowest BCUT2D eigenvalue weighted by Crippen LogP contribution is -1.89. The van der Waals surface area contributed by atoms with Crippen molar-refractivity contribution < 1.29 is 0 Å². The summed E-state index contributed by atoms with van der Waals surface area (Å²) in [5.41, 5.74) is 12.9. The Morgan fingerprint density at radius 3 is 1.61 bits per heavy atom. The molecule has 0 saturated heterocycles. The SMILES string of the molecule is c1ccc(-c2cc3c4ccccc4n4c5ccc(-c6cccc(-c7ccc8c(c7)c7ccccc7c7nccnc87)c6)cc5c(c2)c34)cc1. The maximum atomic E-state index is 4.74. The highest BCUT2D eigenvalue weighted by Crippen LogP contribution is 2.43. The Morgan fingerprint density at radius 1 is 0.306 bits per heavy atom. The van der Waals surface area contributed by atoms with Crippen LogP contribution in [0.1, 0.15) is 0 Å². The summed E-state index contributed by atoms with van der Waals surface area (Å²) in [6.45, 7) is 0. The predicted octanol–water partition coefficient (Wildman–Crippen LogP) is 12.1. The first-order valence-corrected chi connectivity index (χ1v) is 16.7. The molecule has 0 fully saturated rings. The first-order chi connectivity index (χ1) is 24.3. The van der Waals surface area contributed by atoms with E-state index in [2.05, 4.69) is 156 Å². The number of para-hydroxylation sites is 1. The van der Waals surface area contributed by atoms with Crippen LogP contribution in [0.3, 0.4) is 0 Å². The molecule has 0 aliphatic heterocycles. The number of rotatable bonds is 3. The van der Waals surface area contributed by atoms with Crippen LogP contribution in [0, 0.1) is 0 Å². The highest BCUT2D eigenvalue weighted by atomic mass is 14.9. The van der Waals surface area contributed by atoms with Gasteiger partial charge in [0.15, 0.2) is 0 Å². The van der Waals surface area contributed by atoms with Crippen LogP contribution in [0.2, 0.25) is 0 Å². The van der Waals surface area contributed by atoms with Crippen molar-refractivity contribution in [3.8, 4) is 33.4 Å². The van der Waals surface area contributed by atoms with E-state index in [1.807, 2.05) is 0 Å². The van der Waals surface area contributed by atoms with Gasteiger partial charge in [-0.05, 0) is 86.6 Å². The van der Waals surface area contributed by atoms with Gasteiger partial charge in [-0.25, -0.2) is 0 Å². The van der Waals surface area contributed by atoms with E-state index in [1.165, 1.54) is 82.2 Å². The van der Waals surface area contributed by atoms with Gasteiger partial charge in [0.2, 0.25) is 0 Å². The Hall–Kier alpha value is -6.58. The molecular weight excluding hydrogens is 595 g/mol. The molecule has 11 aromatic rings. The smallest absolute Gasteiger partial charge is 0.0971 e. The summed E-state index contributed by atoms with van der Waals surface area (Å²) < 4.78 is 2.46. The fourth-order valence-electron chi connectivity index (χ4n) is 8.16. The van der Waals surface area contributed by atoms with E-state index >= 15 is 0 Å². The van der Waals surface area contributed by atoms with E-state index in [4.69, 9.17) is 9.97 Å². The third kappa shape index (κ3) is 3.78. The molecule has 0 N–H and O–H groups in total. The molecule has 3 heterocycles. The van der Waals surface area contributed by atoms with Gasteiger partial charge in [-0.1, -0.05) is 109 Å². The second-order valence-electron chi connectivity index (χ2n) is 13.0. The maximum Gasteiger partial charge on any atom is 0.0971 e. The topological polar surface area (TPSA) is 30.2 Å². The van der Waals surface area contributed by atoms with E-state index < -0.39 is 0 Å². The number of nitrogens with zero attached hydrogens (tertiary/aromatic N) is 3. The largest absolute Gasteiger partial charge is 0.308 e. The quantitative estimate of drug-likeness (QED) is 0.184. The average molecular weight is 622 g/mol. The lowest BCUT2D eigenvalue weighted by Gasteiger charge is -2.11. The van der Waals surface area contributed by atoms with E-state index in [9.17, 15) is 0 Å². The lowest BCUT2D eigenvalue weighted by molar-refractivity contribution is 1.31. The van der Waals surface area contributed by atoms with Gasteiger partial charge in [-0.15, -0.1) is 0 Å². The summed E-state index contributed by atoms with van der Waals surface area (Å²) in [6, 6.07) is 55.5. The second kappa shape index (κ2) is 9.96. The van der Waals surface area contributed by atoms with Gasteiger partial charge in [0, 0.05) is 44.7 Å². The molecule has 0 aliphatic carbocycles. The Bertz CT molecular complexity index is 3060. The van der Waals surface area contributed by atoms with E-state index in [0.29, 0.717) is 0 Å². The zero-order valence-corrected chi connectivity index (χ0v) is 26.4. The molecule has 3 heteroatoms. The third-order valence-corrected chi connectivity index (χ3v) is 10.4. The molecule has 0 bridgehead atoms. The van der Waals surface area contributed by atoms with Crippen LogP contribution < -0.4 is 0 Å². The van der Waals surface area contributed by atoms with Crippen molar-refractivity contribution in [2.24, 2.45) is 0 Å². The highest BCUT2D eigenvalue weighted by Gasteiger charge is 2.19. The summed E-state index contributed by atoms with van der Waals surface area (Å²) in [5.74, 6) is 0. The van der Waals surface area contributed by atoms with Crippen molar-refractivity contribution in [2.45, 2.75) is 0 Å². The van der Waals surface area contributed by atoms with Crippen LogP contribution >= 0.6 is 0 Å². The number of benzene rings is 8. The molecule has 226 valence electrons. The highest BCUT2D eigenvalue weighted by molar-refractivity contribution is 6.25. The van der Waals surface area contributed by atoms with E-state index in [-0.39, 0.29) is 0 Å². The van der Waals surface area contributed by atoms with Gasteiger partial charge in [0.1, 0.15) is 0 Å². The Labute approximate surface area is 281 Å². The van der Waals surface area contributed by atoms with Crippen LogP contribution in [0.15, 0.2) is 164 Å². The van der Waals surface area contributed by atoms with Gasteiger partial charge >= 0.3 is 0 Å². The predicted molar refractivity (Wildman–Crippen MR) is 206 cm³/mol. The van der Waals surface area contributed by atoms with Crippen LogP contribution in [-0.4, -0.2) is 14.4 Å². The van der Waals surface area contributed by atoms with Gasteiger partial charge in [-0.3, -0.25) is 9.97 Å². The fourth-order valence-corrected chi connectivity index (χ4v) is 8.16. The zero-order valence-electron chi connectivity index (χ0n) is 26.4. The minimum absolute atomic E-state index is 0.943. The molecule has 0 unspecified atom stereocenters. The Kier molecular flexibility index (Phi) is 5.38. The Balaban J connectivity index is 1.10. The van der Waals surface area contributed by atoms with Crippen molar-refractivity contribution >= 4 is 70.7 Å². The molecular formula is C46H27N3. The van der Waals surface area contributed by atoms with Crippen molar-refractivity contribution in [3.63, 3.8) is 0 Å². The third-order valence-electron chi connectivity index (χ3n) is 10.4. The summed E-state index contributed by atoms with van der Waals surface area (Å²) in [5, 5.41) is 9.81. The number of hydrogen-bond donors (Lipinski definition) is 0. The lowest BCUT2D eigenvalue weighted by atomic mass is 9.94. The maximum absolute atomic E-state index is 4.74. The molecule has 0 atom stereocenters. The van der Waals surface area contributed by atoms with Crippen LogP contribution in [0.4, 0.5) is 0 Å². The first kappa shape index (κ1) is 26.5. The first-order valence-electron chi connectivity index (χ1n) is 16.7.